The summed E-state index contributed by atoms with van der Waals surface area (Å²) >= 11 is 0. The van der Waals surface area contributed by atoms with Crippen molar-refractivity contribution in [3.63, 3.8) is 0 Å². The van der Waals surface area contributed by atoms with Gasteiger partial charge in [-0.3, -0.25) is 19.3 Å². The quantitative estimate of drug-likeness (QED) is 0.598. The monoisotopic (exact) mass is 406 g/mol. The fourth-order valence-corrected chi connectivity index (χ4v) is 6.15. The van der Waals surface area contributed by atoms with Crippen molar-refractivity contribution in [2.45, 2.75) is 63.5 Å². The Morgan fingerprint density at radius 2 is 1.50 bits per heavy atom. The lowest BCUT2D eigenvalue weighted by Crippen LogP contribution is -2.41. The maximum absolute atomic E-state index is 13.5. The number of fused-ring (bicyclic) bond motifs is 1. The fourth-order valence-electron chi connectivity index (χ4n) is 6.15. The first-order chi connectivity index (χ1) is 14.6. The van der Waals surface area contributed by atoms with Crippen LogP contribution in [0, 0.1) is 23.7 Å². The zero-order valence-corrected chi connectivity index (χ0v) is 17.3. The number of nitrogens with zero attached hydrogens (tertiary/aromatic N) is 1. The Balaban J connectivity index is 1.40. The summed E-state index contributed by atoms with van der Waals surface area (Å²) in [5, 5.41) is 3.16. The van der Waals surface area contributed by atoms with Crippen molar-refractivity contribution in [3.05, 3.63) is 48.0 Å². The molecule has 0 radical (unpaired) electrons. The minimum atomic E-state index is -0.528. The van der Waals surface area contributed by atoms with Crippen LogP contribution in [0.15, 0.2) is 42.5 Å². The molecule has 2 saturated carbocycles. The molecule has 1 heterocycles. The molecule has 30 heavy (non-hydrogen) atoms. The molecule has 2 bridgehead atoms. The van der Waals surface area contributed by atoms with E-state index in [4.69, 9.17) is 0 Å². The molecule has 0 spiro atoms. The topological polar surface area (TPSA) is 66.5 Å². The molecular formula is C25H30N2O3. The third-order valence-corrected chi connectivity index (χ3v) is 7.64. The highest BCUT2D eigenvalue weighted by atomic mass is 16.2. The van der Waals surface area contributed by atoms with Gasteiger partial charge in [0.1, 0.15) is 0 Å². The van der Waals surface area contributed by atoms with Crippen LogP contribution in [0.5, 0.6) is 0 Å². The molecule has 0 aromatic heterocycles. The molecule has 158 valence electrons. The number of likely N-dealkylation sites (tertiary alicyclic amines) is 1. The average molecular weight is 407 g/mol. The van der Waals surface area contributed by atoms with E-state index in [9.17, 15) is 14.4 Å². The average Bonchev–Trinajstić information content (AvgIpc) is 3.07. The first-order valence-corrected chi connectivity index (χ1v) is 11.5. The Morgan fingerprint density at radius 1 is 0.900 bits per heavy atom. The van der Waals surface area contributed by atoms with E-state index in [1.807, 2.05) is 30.3 Å². The van der Waals surface area contributed by atoms with Crippen LogP contribution in [-0.4, -0.2) is 28.7 Å². The molecule has 1 aromatic rings. The number of hydrogen-bond acceptors (Lipinski definition) is 3. The highest BCUT2D eigenvalue weighted by Crippen LogP contribution is 2.51. The van der Waals surface area contributed by atoms with Crippen LogP contribution >= 0.6 is 0 Å². The number of nitrogens with one attached hydrogen (secondary N) is 1. The van der Waals surface area contributed by atoms with E-state index in [0.717, 1.165) is 44.1 Å². The number of hydrogen-bond donors (Lipinski definition) is 1. The summed E-state index contributed by atoms with van der Waals surface area (Å²) in [6.45, 7) is 0. The van der Waals surface area contributed by atoms with Crippen LogP contribution in [0.25, 0.3) is 0 Å². The van der Waals surface area contributed by atoms with Crippen molar-refractivity contribution in [1.29, 1.82) is 0 Å². The molecule has 1 aliphatic heterocycles. The van der Waals surface area contributed by atoms with Gasteiger partial charge in [-0.2, -0.15) is 0 Å². The standard InChI is InChI=1S/C25H30N2O3/c28-21(26-19-9-5-2-6-10-19)15-20(16-7-3-1-4-8-16)27-24(29)22-17-11-12-18(14-13-17)23(22)25(27)30/h1,3-4,7-8,11-12,17-20,22-23H,2,5-6,9-10,13-15H2,(H,26,28)/t17-,18-,20+,22-,23+/m0/s1. The molecule has 6 rings (SSSR count). The minimum Gasteiger partial charge on any atom is -0.353 e. The van der Waals surface area contributed by atoms with Gasteiger partial charge < -0.3 is 5.32 Å². The Morgan fingerprint density at radius 3 is 2.07 bits per heavy atom. The van der Waals surface area contributed by atoms with Gasteiger partial charge in [0, 0.05) is 6.04 Å². The summed E-state index contributed by atoms with van der Waals surface area (Å²) in [4.78, 5) is 41.3. The molecule has 5 nitrogen and oxygen atoms in total. The van der Waals surface area contributed by atoms with Crippen LogP contribution in [0.1, 0.15) is 63.0 Å². The molecule has 1 saturated heterocycles. The molecule has 0 unspecified atom stereocenters. The van der Waals surface area contributed by atoms with Crippen molar-refractivity contribution in [3.8, 4) is 0 Å². The van der Waals surface area contributed by atoms with E-state index >= 15 is 0 Å². The van der Waals surface area contributed by atoms with E-state index in [0.29, 0.717) is 0 Å². The molecular weight excluding hydrogens is 376 g/mol. The summed E-state index contributed by atoms with van der Waals surface area (Å²) in [5.41, 5.74) is 0.858. The summed E-state index contributed by atoms with van der Waals surface area (Å²) in [7, 11) is 0. The van der Waals surface area contributed by atoms with E-state index in [2.05, 4.69) is 17.5 Å². The van der Waals surface area contributed by atoms with E-state index in [-0.39, 0.29) is 53.9 Å². The Kier molecular flexibility index (Phi) is 5.21. The molecule has 3 amide bonds. The third-order valence-electron chi connectivity index (χ3n) is 7.64. The number of imide groups is 1. The second-order valence-corrected chi connectivity index (χ2v) is 9.42. The zero-order chi connectivity index (χ0) is 20.7. The van der Waals surface area contributed by atoms with Gasteiger partial charge >= 0.3 is 0 Å². The molecule has 4 aliphatic carbocycles. The lowest BCUT2D eigenvalue weighted by molar-refractivity contribution is -0.143. The van der Waals surface area contributed by atoms with Gasteiger partial charge in [0.25, 0.3) is 0 Å². The predicted octanol–water partition coefficient (Wildman–Crippen LogP) is 3.76. The predicted molar refractivity (Wildman–Crippen MR) is 113 cm³/mol. The second-order valence-electron chi connectivity index (χ2n) is 9.42. The van der Waals surface area contributed by atoms with Crippen molar-refractivity contribution in [2.24, 2.45) is 23.7 Å². The lowest BCUT2D eigenvalue weighted by atomic mass is 9.63. The van der Waals surface area contributed by atoms with Gasteiger partial charge in [-0.15, -0.1) is 0 Å². The second kappa shape index (κ2) is 8.01. The van der Waals surface area contributed by atoms with Crippen molar-refractivity contribution in [1.82, 2.24) is 10.2 Å². The normalized spacial score (nSPS) is 31.7. The van der Waals surface area contributed by atoms with Gasteiger partial charge in [-0.1, -0.05) is 61.7 Å². The Labute approximate surface area is 177 Å². The number of rotatable bonds is 5. The van der Waals surface area contributed by atoms with Gasteiger partial charge in [0.2, 0.25) is 17.7 Å². The SMILES string of the molecule is O=C(C[C@H](c1ccccc1)N1C(=O)[C@@H]2[C@H](C1=O)[C@H]1C=C[C@H]2CC1)NC1CCCCC1. The number of carbonyl (C=O) groups excluding carboxylic acids is 3. The molecule has 1 N–H and O–H groups in total. The van der Waals surface area contributed by atoms with Crippen molar-refractivity contribution >= 4 is 17.7 Å². The van der Waals surface area contributed by atoms with Crippen LogP contribution < -0.4 is 5.32 Å². The summed E-state index contributed by atoms with van der Waals surface area (Å²) in [6.07, 6.45) is 11.9. The number of allylic oxidation sites excluding steroid dienone is 2. The van der Waals surface area contributed by atoms with E-state index in [1.165, 1.54) is 11.3 Å². The van der Waals surface area contributed by atoms with E-state index < -0.39 is 6.04 Å². The maximum Gasteiger partial charge on any atom is 0.234 e. The maximum atomic E-state index is 13.5. The van der Waals surface area contributed by atoms with Crippen molar-refractivity contribution < 1.29 is 14.4 Å². The number of benzene rings is 1. The molecule has 5 heteroatoms. The van der Waals surface area contributed by atoms with Crippen LogP contribution in [0.3, 0.4) is 0 Å². The lowest BCUT2D eigenvalue weighted by Gasteiger charge is -2.38. The molecule has 1 aromatic carbocycles. The van der Waals surface area contributed by atoms with E-state index in [1.54, 1.807) is 0 Å². The Hall–Kier alpha value is -2.43. The summed E-state index contributed by atoms with van der Waals surface area (Å²) in [5.74, 6) is -0.385. The highest BCUT2D eigenvalue weighted by molar-refractivity contribution is 6.06. The zero-order valence-electron chi connectivity index (χ0n) is 17.3. The summed E-state index contributed by atoms with van der Waals surface area (Å²) in [6, 6.07) is 9.27. The van der Waals surface area contributed by atoms with Gasteiger partial charge in [-0.05, 0) is 43.1 Å². The summed E-state index contributed by atoms with van der Waals surface area (Å²) < 4.78 is 0. The minimum absolute atomic E-state index is 0.0627. The Bertz CT molecular complexity index is 826. The van der Waals surface area contributed by atoms with Crippen LogP contribution in [0.2, 0.25) is 0 Å². The largest absolute Gasteiger partial charge is 0.353 e. The first kappa shape index (κ1) is 19.5. The van der Waals surface area contributed by atoms with Crippen molar-refractivity contribution in [2.75, 3.05) is 0 Å². The molecule has 3 fully saturated rings. The third kappa shape index (κ3) is 3.38. The smallest absolute Gasteiger partial charge is 0.234 e. The number of amides is 3. The van der Waals surface area contributed by atoms with Gasteiger partial charge in [0.05, 0.1) is 24.3 Å². The van der Waals surface area contributed by atoms with Gasteiger partial charge in [-0.25, -0.2) is 0 Å². The molecule has 5 atom stereocenters. The molecule has 5 aliphatic rings. The highest BCUT2D eigenvalue weighted by Gasteiger charge is 2.58. The number of carbonyl (C=O) groups is 3. The van der Waals surface area contributed by atoms with Gasteiger partial charge in [0.15, 0.2) is 0 Å². The van der Waals surface area contributed by atoms with Crippen LogP contribution in [-0.2, 0) is 14.4 Å². The van der Waals surface area contributed by atoms with Crippen LogP contribution in [0.4, 0.5) is 0 Å². The fraction of sp³-hybridized carbons (Fsp3) is 0.560. The first-order valence-electron chi connectivity index (χ1n) is 11.5.